The lowest BCUT2D eigenvalue weighted by Crippen LogP contribution is -2.46. The normalized spacial score (nSPS) is 10.9. The van der Waals surface area contributed by atoms with E-state index in [4.69, 9.17) is 10.2 Å². The van der Waals surface area contributed by atoms with Crippen molar-refractivity contribution in [2.75, 3.05) is 18.6 Å². The predicted octanol–water partition coefficient (Wildman–Crippen LogP) is 0.121. The molecular weight excluding hydrogens is 208 g/mol. The molecule has 1 aromatic carbocycles. The van der Waals surface area contributed by atoms with Gasteiger partial charge in [-0.1, -0.05) is 18.2 Å². The molecule has 0 aliphatic heterocycles. The molecule has 1 rings (SSSR count). The molecule has 0 bridgehead atoms. The average Bonchev–Trinajstić information content (AvgIpc) is 2.36. The Morgan fingerprint density at radius 1 is 1.25 bits per heavy atom. The summed E-state index contributed by atoms with van der Waals surface area (Å²) in [6.07, 6.45) is 0. The summed E-state index contributed by atoms with van der Waals surface area (Å²) in [7, 11) is 0. The molecule has 0 heterocycles. The summed E-state index contributed by atoms with van der Waals surface area (Å²) < 4.78 is 0. The molecule has 0 fully saturated rings. The zero-order chi connectivity index (χ0) is 12.0. The number of hydrogen-bond donors (Lipinski definition) is 4. The first-order valence-electron chi connectivity index (χ1n) is 4.95. The Morgan fingerprint density at radius 3 is 2.31 bits per heavy atom. The number of carbonyl (C=O) groups is 1. The predicted molar refractivity (Wildman–Crippen MR) is 60.5 cm³/mol. The van der Waals surface area contributed by atoms with Gasteiger partial charge in [-0.2, -0.15) is 0 Å². The Bertz CT molecular complexity index is 336. The van der Waals surface area contributed by atoms with Crippen LogP contribution in [-0.4, -0.2) is 29.3 Å². The number of amides is 1. The van der Waals surface area contributed by atoms with Crippen LogP contribution in [0.25, 0.3) is 0 Å². The first-order valence-corrected chi connectivity index (χ1v) is 4.95. The Morgan fingerprint density at radius 2 is 1.81 bits per heavy atom. The molecule has 0 atom stereocenters. The number of carbonyl (C=O) groups excluding carboxylic acids is 1. The van der Waals surface area contributed by atoms with Gasteiger partial charge in [-0.05, 0) is 19.1 Å². The lowest BCUT2D eigenvalue weighted by atomic mass is 9.92. The molecule has 0 saturated heterocycles. The van der Waals surface area contributed by atoms with Crippen molar-refractivity contribution in [2.24, 2.45) is 5.41 Å². The molecule has 16 heavy (non-hydrogen) atoms. The minimum Gasteiger partial charge on any atom is -0.395 e. The van der Waals surface area contributed by atoms with Crippen molar-refractivity contribution < 1.29 is 15.0 Å². The number of para-hydroxylation sites is 1. The lowest BCUT2D eigenvalue weighted by molar-refractivity contribution is -0.134. The summed E-state index contributed by atoms with van der Waals surface area (Å²) in [6.45, 7) is 0.659. The van der Waals surface area contributed by atoms with Gasteiger partial charge in [-0.3, -0.25) is 15.6 Å². The zero-order valence-corrected chi connectivity index (χ0v) is 9.10. The Kier molecular flexibility index (Phi) is 4.28. The fourth-order valence-corrected chi connectivity index (χ4v) is 0.995. The van der Waals surface area contributed by atoms with E-state index in [9.17, 15) is 4.79 Å². The molecule has 88 valence electrons. The number of hydrazine groups is 1. The molecule has 0 aliphatic carbocycles. The lowest BCUT2D eigenvalue weighted by Gasteiger charge is -2.23. The van der Waals surface area contributed by atoms with Crippen molar-refractivity contribution in [1.29, 1.82) is 0 Å². The number of anilines is 1. The summed E-state index contributed by atoms with van der Waals surface area (Å²) in [5, 5.41) is 18.0. The maximum Gasteiger partial charge on any atom is 0.248 e. The van der Waals surface area contributed by atoms with Crippen LogP contribution in [0.4, 0.5) is 5.69 Å². The minimum atomic E-state index is -1.18. The van der Waals surface area contributed by atoms with Crippen LogP contribution in [-0.2, 0) is 4.79 Å². The smallest absolute Gasteiger partial charge is 0.248 e. The summed E-state index contributed by atoms with van der Waals surface area (Å²) in [6, 6.07) is 9.08. The molecule has 0 aliphatic rings. The summed E-state index contributed by atoms with van der Waals surface area (Å²) >= 11 is 0. The minimum absolute atomic E-state index is 0.411. The highest BCUT2D eigenvalue weighted by atomic mass is 16.3. The Balaban J connectivity index is 2.53. The van der Waals surface area contributed by atoms with Crippen LogP contribution in [0.5, 0.6) is 0 Å². The third kappa shape index (κ3) is 2.95. The second-order valence-corrected chi connectivity index (χ2v) is 3.82. The third-order valence-electron chi connectivity index (χ3n) is 2.34. The van der Waals surface area contributed by atoms with Gasteiger partial charge >= 0.3 is 0 Å². The van der Waals surface area contributed by atoms with Gasteiger partial charge in [0.05, 0.1) is 24.3 Å². The van der Waals surface area contributed by atoms with Gasteiger partial charge in [0.1, 0.15) is 0 Å². The van der Waals surface area contributed by atoms with Crippen molar-refractivity contribution in [1.82, 2.24) is 5.43 Å². The molecule has 1 amide bonds. The first kappa shape index (κ1) is 12.5. The Labute approximate surface area is 94.1 Å². The highest BCUT2D eigenvalue weighted by molar-refractivity contribution is 5.83. The maximum absolute atomic E-state index is 11.6. The average molecular weight is 224 g/mol. The molecule has 4 N–H and O–H groups in total. The fraction of sp³-hybridized carbons (Fsp3) is 0.364. The maximum atomic E-state index is 11.6. The van der Waals surface area contributed by atoms with Crippen molar-refractivity contribution in [3.63, 3.8) is 0 Å². The number of aliphatic hydroxyl groups excluding tert-OH is 2. The second-order valence-electron chi connectivity index (χ2n) is 3.82. The van der Waals surface area contributed by atoms with Crippen molar-refractivity contribution >= 4 is 11.6 Å². The third-order valence-corrected chi connectivity index (χ3v) is 2.34. The van der Waals surface area contributed by atoms with Gasteiger partial charge in [0.2, 0.25) is 5.91 Å². The SMILES string of the molecule is CC(CO)(CO)C(=O)NNc1ccccc1. The molecule has 0 unspecified atom stereocenters. The van der Waals surface area contributed by atoms with Crippen LogP contribution in [0, 0.1) is 5.41 Å². The van der Waals surface area contributed by atoms with Crippen molar-refractivity contribution in [3.05, 3.63) is 30.3 Å². The van der Waals surface area contributed by atoms with Crippen LogP contribution in [0.15, 0.2) is 30.3 Å². The van der Waals surface area contributed by atoms with E-state index >= 15 is 0 Å². The molecule has 0 spiro atoms. The van der Waals surface area contributed by atoms with Crippen LogP contribution in [0.2, 0.25) is 0 Å². The van der Waals surface area contributed by atoms with E-state index in [2.05, 4.69) is 10.9 Å². The number of benzene rings is 1. The second kappa shape index (κ2) is 5.48. The largest absolute Gasteiger partial charge is 0.395 e. The van der Waals surface area contributed by atoms with E-state index < -0.39 is 24.5 Å². The molecule has 0 radical (unpaired) electrons. The number of rotatable bonds is 5. The quantitative estimate of drug-likeness (QED) is 0.535. The van der Waals surface area contributed by atoms with E-state index in [1.165, 1.54) is 6.92 Å². The van der Waals surface area contributed by atoms with Crippen molar-refractivity contribution in [2.45, 2.75) is 6.92 Å². The van der Waals surface area contributed by atoms with E-state index in [1.807, 2.05) is 18.2 Å². The number of nitrogens with one attached hydrogen (secondary N) is 2. The molecule has 5 heteroatoms. The van der Waals surface area contributed by atoms with Crippen molar-refractivity contribution in [3.8, 4) is 0 Å². The van der Waals surface area contributed by atoms with Gasteiger partial charge in [-0.25, -0.2) is 0 Å². The van der Waals surface area contributed by atoms with Gasteiger partial charge in [-0.15, -0.1) is 0 Å². The molecular formula is C11H16N2O3. The van der Waals surface area contributed by atoms with Crippen LogP contribution in [0.1, 0.15) is 6.92 Å². The van der Waals surface area contributed by atoms with Crippen LogP contribution < -0.4 is 10.9 Å². The summed E-state index contributed by atoms with van der Waals surface area (Å²) in [5.41, 5.74) is 4.68. The molecule has 0 aromatic heterocycles. The van der Waals surface area contributed by atoms with Crippen LogP contribution >= 0.6 is 0 Å². The molecule has 5 nitrogen and oxygen atoms in total. The van der Waals surface area contributed by atoms with E-state index in [1.54, 1.807) is 12.1 Å². The monoisotopic (exact) mass is 224 g/mol. The highest BCUT2D eigenvalue weighted by Gasteiger charge is 2.31. The Hall–Kier alpha value is -1.59. The van der Waals surface area contributed by atoms with Gasteiger partial charge in [0.25, 0.3) is 0 Å². The van der Waals surface area contributed by atoms with Gasteiger partial charge in [0.15, 0.2) is 0 Å². The number of hydrogen-bond acceptors (Lipinski definition) is 4. The van der Waals surface area contributed by atoms with E-state index in [-0.39, 0.29) is 0 Å². The van der Waals surface area contributed by atoms with Gasteiger partial charge in [0, 0.05) is 0 Å². The summed E-state index contributed by atoms with van der Waals surface area (Å²) in [4.78, 5) is 11.6. The van der Waals surface area contributed by atoms with Gasteiger partial charge < -0.3 is 10.2 Å². The standard InChI is InChI=1S/C11H16N2O3/c1-11(7-14,8-15)10(16)13-12-9-5-3-2-4-6-9/h2-6,12,14-15H,7-8H2,1H3,(H,13,16). The highest BCUT2D eigenvalue weighted by Crippen LogP contribution is 2.14. The summed E-state index contributed by atoms with van der Waals surface area (Å²) in [5.74, 6) is -0.457. The van der Waals surface area contributed by atoms with E-state index in [0.29, 0.717) is 0 Å². The molecule has 1 aromatic rings. The number of aliphatic hydroxyl groups is 2. The van der Waals surface area contributed by atoms with Crippen LogP contribution in [0.3, 0.4) is 0 Å². The van der Waals surface area contributed by atoms with E-state index in [0.717, 1.165) is 5.69 Å². The molecule has 0 saturated carbocycles. The first-order chi connectivity index (χ1) is 7.62. The zero-order valence-electron chi connectivity index (χ0n) is 9.10. The fourth-order valence-electron chi connectivity index (χ4n) is 0.995. The topological polar surface area (TPSA) is 81.6 Å².